The fraction of sp³-hybridized carbons (Fsp3) is 0.733. The molecule has 0 spiro atoms. The molecule has 0 radical (unpaired) electrons. The number of hydrogen-bond donors (Lipinski definition) is 0. The molecule has 2 aliphatic heterocycles. The van der Waals surface area contributed by atoms with Crippen molar-refractivity contribution in [3.8, 4) is 5.75 Å². The van der Waals surface area contributed by atoms with Crippen LogP contribution < -0.4 is 4.74 Å². The van der Waals surface area contributed by atoms with Gasteiger partial charge >= 0.3 is 6.09 Å². The summed E-state index contributed by atoms with van der Waals surface area (Å²) < 4.78 is 26.5. The van der Waals surface area contributed by atoms with E-state index in [1.54, 1.807) is 4.90 Å². The molecule has 2 saturated heterocycles. The highest BCUT2D eigenvalue weighted by Crippen LogP contribution is 2.40. The number of nitrogens with zero attached hydrogens (tertiary/aromatic N) is 3. The first-order valence-electron chi connectivity index (χ1n) is 14.6. The van der Waals surface area contributed by atoms with Gasteiger partial charge in [0.25, 0.3) is 0 Å². The van der Waals surface area contributed by atoms with Gasteiger partial charge in [0, 0.05) is 40.2 Å². The van der Waals surface area contributed by atoms with Crippen molar-refractivity contribution in [2.75, 3.05) is 26.3 Å². The molecule has 39 heavy (non-hydrogen) atoms. The minimum absolute atomic E-state index is 0.121. The van der Waals surface area contributed by atoms with E-state index in [0.29, 0.717) is 31.7 Å². The van der Waals surface area contributed by atoms with Crippen molar-refractivity contribution < 1.29 is 23.7 Å². The Morgan fingerprint density at radius 1 is 1.18 bits per heavy atom. The number of ether oxygens (including phenoxy) is 4. The lowest BCUT2D eigenvalue weighted by atomic mass is 9.89. The fourth-order valence-corrected chi connectivity index (χ4v) is 6.34. The molecule has 2 aromatic rings. The highest BCUT2D eigenvalue weighted by molar-refractivity contribution is 6.76. The van der Waals surface area contributed by atoms with Gasteiger partial charge in [-0.15, -0.1) is 0 Å². The maximum Gasteiger partial charge on any atom is 0.410 e. The van der Waals surface area contributed by atoms with Gasteiger partial charge < -0.3 is 28.4 Å². The molecule has 4 atom stereocenters. The number of rotatable bonds is 8. The molecule has 0 saturated carbocycles. The first kappa shape index (κ1) is 29.9. The molecule has 218 valence electrons. The minimum atomic E-state index is -1.17. The van der Waals surface area contributed by atoms with Crippen molar-refractivity contribution in [1.82, 2.24) is 14.5 Å². The summed E-state index contributed by atoms with van der Waals surface area (Å²) in [5.41, 5.74) is 1.62. The van der Waals surface area contributed by atoms with Crippen molar-refractivity contribution in [1.29, 1.82) is 0 Å². The number of likely N-dealkylation sites (tertiary alicyclic amines) is 1. The van der Waals surface area contributed by atoms with Gasteiger partial charge in [-0.2, -0.15) is 0 Å². The molecule has 2 aliphatic rings. The number of fused-ring (bicyclic) bond motifs is 1. The summed E-state index contributed by atoms with van der Waals surface area (Å²) in [7, 11) is -1.17. The smallest absolute Gasteiger partial charge is 0.410 e. The SMILES string of the molecule is CC1CC(c2cn(COCC[Si](C)(C)C)c3nccc(O[C@@H]4C[C@H](C)CN(C(=O)OC(C)(C)C)C4)c23)CCO1. The molecular weight excluding hydrogens is 510 g/mol. The molecule has 4 rings (SSSR count). The first-order valence-corrected chi connectivity index (χ1v) is 18.3. The summed E-state index contributed by atoms with van der Waals surface area (Å²) in [6.07, 6.45) is 6.69. The van der Waals surface area contributed by atoms with Crippen LogP contribution in [0.15, 0.2) is 18.5 Å². The van der Waals surface area contributed by atoms with Crippen LogP contribution in [-0.4, -0.2) is 72.7 Å². The van der Waals surface area contributed by atoms with Crippen LogP contribution in [0.3, 0.4) is 0 Å². The second kappa shape index (κ2) is 12.2. The summed E-state index contributed by atoms with van der Waals surface area (Å²) in [5.74, 6) is 1.52. The zero-order chi connectivity index (χ0) is 28.4. The van der Waals surface area contributed by atoms with Crippen molar-refractivity contribution in [2.45, 2.75) is 110 Å². The number of pyridine rings is 1. The number of hydrogen-bond acceptors (Lipinski definition) is 6. The molecule has 2 fully saturated rings. The van der Waals surface area contributed by atoms with Gasteiger partial charge in [-0.1, -0.05) is 26.6 Å². The van der Waals surface area contributed by atoms with E-state index >= 15 is 0 Å². The highest BCUT2D eigenvalue weighted by atomic mass is 28.3. The van der Waals surface area contributed by atoms with E-state index in [1.807, 2.05) is 33.0 Å². The number of aromatic nitrogens is 2. The van der Waals surface area contributed by atoms with Crippen molar-refractivity contribution >= 4 is 25.2 Å². The number of carbonyl (C=O) groups excluding carboxylic acids is 1. The van der Waals surface area contributed by atoms with E-state index in [9.17, 15) is 4.79 Å². The Kier molecular flexibility index (Phi) is 9.33. The van der Waals surface area contributed by atoms with Crippen LogP contribution in [0.25, 0.3) is 11.0 Å². The van der Waals surface area contributed by atoms with E-state index in [-0.39, 0.29) is 18.3 Å². The maximum absolute atomic E-state index is 12.9. The Morgan fingerprint density at radius 3 is 2.64 bits per heavy atom. The van der Waals surface area contributed by atoms with Gasteiger partial charge in [0.05, 0.1) is 18.0 Å². The Bertz CT molecular complexity index is 1120. The lowest BCUT2D eigenvalue weighted by Crippen LogP contribution is -2.49. The third-order valence-electron chi connectivity index (χ3n) is 7.47. The Balaban J connectivity index is 1.60. The van der Waals surface area contributed by atoms with Crippen molar-refractivity contribution in [2.24, 2.45) is 5.92 Å². The molecule has 9 heteroatoms. The first-order chi connectivity index (χ1) is 18.3. The van der Waals surface area contributed by atoms with E-state index < -0.39 is 13.7 Å². The molecule has 0 bridgehead atoms. The Hall–Kier alpha value is -2.10. The van der Waals surface area contributed by atoms with Crippen molar-refractivity contribution in [3.05, 3.63) is 24.0 Å². The molecule has 0 aliphatic carbocycles. The molecule has 4 heterocycles. The predicted molar refractivity (Wildman–Crippen MR) is 157 cm³/mol. The standard InChI is InChI=1S/C30H49N3O5Si/c1-21-15-24(18-32(17-21)29(34)38-30(3,4)5)37-26-9-11-31-28-27(26)25(23-10-12-36-22(2)16-23)19-33(28)20-35-13-14-39(6,7)8/h9,11,19,21-24H,10,12-18,20H2,1-8H3/t21-,22?,23?,24+/m0/s1. The average molecular weight is 560 g/mol. The van der Waals surface area contributed by atoms with Crippen LogP contribution in [-0.2, 0) is 20.9 Å². The summed E-state index contributed by atoms with van der Waals surface area (Å²) >= 11 is 0. The molecular formula is C30H49N3O5Si. The predicted octanol–water partition coefficient (Wildman–Crippen LogP) is 6.66. The van der Waals surface area contributed by atoms with Gasteiger partial charge in [-0.3, -0.25) is 0 Å². The fourth-order valence-electron chi connectivity index (χ4n) is 5.58. The maximum atomic E-state index is 12.9. The van der Waals surface area contributed by atoms with Crippen LogP contribution in [0.4, 0.5) is 4.79 Å². The number of amides is 1. The van der Waals surface area contributed by atoms with Gasteiger partial charge in [0.15, 0.2) is 0 Å². The third-order valence-corrected chi connectivity index (χ3v) is 9.17. The molecule has 2 aromatic heterocycles. The second-order valence-electron chi connectivity index (χ2n) is 13.8. The van der Waals surface area contributed by atoms with Crippen LogP contribution in [0.2, 0.25) is 25.7 Å². The third kappa shape index (κ3) is 8.21. The quantitative estimate of drug-likeness (QED) is 0.266. The molecule has 8 nitrogen and oxygen atoms in total. The summed E-state index contributed by atoms with van der Waals surface area (Å²) in [5, 5.41) is 1.06. The zero-order valence-electron chi connectivity index (χ0n) is 25.3. The monoisotopic (exact) mass is 559 g/mol. The summed E-state index contributed by atoms with van der Waals surface area (Å²) in [4.78, 5) is 19.4. The molecule has 0 aromatic carbocycles. The molecule has 0 N–H and O–H groups in total. The topological polar surface area (TPSA) is 75.1 Å². The largest absolute Gasteiger partial charge is 0.488 e. The second-order valence-corrected chi connectivity index (χ2v) is 19.4. The molecule has 2 unspecified atom stereocenters. The van der Waals surface area contributed by atoms with Gasteiger partial charge in [0.2, 0.25) is 0 Å². The number of piperidine rings is 1. The summed E-state index contributed by atoms with van der Waals surface area (Å²) in [6.45, 7) is 20.3. The Labute approximate surface area is 235 Å². The van der Waals surface area contributed by atoms with E-state index in [4.69, 9.17) is 23.9 Å². The van der Waals surface area contributed by atoms with Gasteiger partial charge in [-0.25, -0.2) is 9.78 Å². The van der Waals surface area contributed by atoms with Crippen LogP contribution >= 0.6 is 0 Å². The van der Waals surface area contributed by atoms with Gasteiger partial charge in [0.1, 0.15) is 29.8 Å². The summed E-state index contributed by atoms with van der Waals surface area (Å²) in [6, 6.07) is 3.11. The van der Waals surface area contributed by atoms with Gasteiger partial charge in [-0.05, 0) is 76.5 Å². The average Bonchev–Trinajstić information content (AvgIpc) is 3.19. The van der Waals surface area contributed by atoms with E-state index in [2.05, 4.69) is 44.3 Å². The lowest BCUT2D eigenvalue weighted by Gasteiger charge is -2.37. The lowest BCUT2D eigenvalue weighted by molar-refractivity contribution is -0.000340. The Morgan fingerprint density at radius 2 is 1.95 bits per heavy atom. The van der Waals surface area contributed by atoms with Crippen LogP contribution in [0.1, 0.15) is 65.4 Å². The van der Waals surface area contributed by atoms with Crippen LogP contribution in [0.5, 0.6) is 5.75 Å². The highest BCUT2D eigenvalue weighted by Gasteiger charge is 2.33. The zero-order valence-corrected chi connectivity index (χ0v) is 26.3. The molecule has 1 amide bonds. The normalized spacial score (nSPS) is 24.7. The van der Waals surface area contributed by atoms with E-state index in [0.717, 1.165) is 55.3 Å². The number of carbonyl (C=O) groups is 1. The van der Waals surface area contributed by atoms with Crippen molar-refractivity contribution in [3.63, 3.8) is 0 Å². The van der Waals surface area contributed by atoms with Crippen LogP contribution in [0, 0.1) is 5.92 Å². The van der Waals surface area contributed by atoms with E-state index in [1.165, 1.54) is 5.56 Å². The minimum Gasteiger partial charge on any atom is -0.488 e.